The highest BCUT2D eigenvalue weighted by molar-refractivity contribution is 9.10. The number of nitrogens with zero attached hydrogens (tertiary/aromatic N) is 1. The van der Waals surface area contributed by atoms with Gasteiger partial charge in [0.25, 0.3) is 5.91 Å². The van der Waals surface area contributed by atoms with Crippen molar-refractivity contribution in [2.45, 2.75) is 11.8 Å². The van der Waals surface area contributed by atoms with Crippen molar-refractivity contribution in [1.82, 2.24) is 0 Å². The smallest absolute Gasteiger partial charge is 0.281 e. The number of rotatable bonds is 3. The van der Waals surface area contributed by atoms with Gasteiger partial charge in [-0.05, 0) is 40.5 Å². The Hall–Kier alpha value is -2.19. The second-order valence-corrected chi connectivity index (χ2v) is 8.15. The Morgan fingerprint density at radius 1 is 1.12 bits per heavy atom. The molecular weight excluding hydrogens is 394 g/mol. The third kappa shape index (κ3) is 4.01. The van der Waals surface area contributed by atoms with Gasteiger partial charge in [-0.1, -0.05) is 29.8 Å². The minimum Gasteiger partial charge on any atom is -0.370 e. The summed E-state index contributed by atoms with van der Waals surface area (Å²) in [7, 11) is -3.58. The molecule has 0 bridgehead atoms. The Kier molecular flexibility index (Phi) is 5.10. The molecule has 2 rings (SSSR count). The lowest BCUT2D eigenvalue weighted by Crippen LogP contribution is -2.24. The first kappa shape index (κ1) is 18.2. The van der Waals surface area contributed by atoms with Crippen molar-refractivity contribution < 1.29 is 13.2 Å². The summed E-state index contributed by atoms with van der Waals surface area (Å²) in [5, 5.41) is 0. The second-order valence-electron chi connectivity index (χ2n) is 5.31. The predicted molar refractivity (Wildman–Crippen MR) is 97.6 cm³/mol. The van der Waals surface area contributed by atoms with Crippen molar-refractivity contribution in [3.05, 3.63) is 52.0 Å². The van der Waals surface area contributed by atoms with E-state index in [0.717, 1.165) is 17.4 Å². The Morgan fingerprint density at radius 3 is 2.21 bits per heavy atom. The molecule has 2 aromatic rings. The number of aryl methyl sites for hydroxylation is 1. The molecule has 8 heteroatoms. The van der Waals surface area contributed by atoms with Crippen LogP contribution in [-0.2, 0) is 9.84 Å². The Balaban J connectivity index is 2.74. The zero-order valence-corrected chi connectivity index (χ0v) is 15.5. The summed E-state index contributed by atoms with van der Waals surface area (Å²) in [5.41, 5.74) is 12.8. The first-order valence-corrected chi connectivity index (χ1v) is 9.52. The van der Waals surface area contributed by atoms with E-state index in [1.54, 1.807) is 6.07 Å². The SMILES string of the molecule is Cc1ccc(-c2cc(Br)c(C(=O)N=C(N)N)cc2S(C)(=O)=O)cc1. The molecule has 1 amide bonds. The highest BCUT2D eigenvalue weighted by Gasteiger charge is 2.20. The largest absolute Gasteiger partial charge is 0.370 e. The minimum atomic E-state index is -3.58. The lowest BCUT2D eigenvalue weighted by molar-refractivity contribution is 0.100. The highest BCUT2D eigenvalue weighted by Crippen LogP contribution is 2.33. The topological polar surface area (TPSA) is 116 Å². The van der Waals surface area contributed by atoms with Crippen LogP contribution >= 0.6 is 15.9 Å². The lowest BCUT2D eigenvalue weighted by Gasteiger charge is -2.12. The van der Waals surface area contributed by atoms with Gasteiger partial charge in [0, 0.05) is 16.3 Å². The number of carbonyl (C=O) groups is 1. The number of nitrogens with two attached hydrogens (primary N) is 2. The molecule has 2 aromatic carbocycles. The molecule has 0 aromatic heterocycles. The van der Waals surface area contributed by atoms with Gasteiger partial charge in [0.1, 0.15) is 0 Å². The molecule has 0 unspecified atom stereocenters. The fourth-order valence-corrected chi connectivity index (χ4v) is 3.58. The number of aliphatic imine (C=N–C) groups is 1. The van der Waals surface area contributed by atoms with Crippen molar-refractivity contribution in [3.63, 3.8) is 0 Å². The van der Waals surface area contributed by atoms with Gasteiger partial charge in [-0.3, -0.25) is 4.79 Å². The summed E-state index contributed by atoms with van der Waals surface area (Å²) in [6.45, 7) is 1.94. The maximum absolute atomic E-state index is 12.2. The minimum absolute atomic E-state index is 0.0312. The third-order valence-electron chi connectivity index (χ3n) is 3.29. The van der Waals surface area contributed by atoms with Crippen LogP contribution in [0.2, 0.25) is 0 Å². The predicted octanol–water partition coefficient (Wildman–Crippen LogP) is 2.24. The molecule has 0 spiro atoms. The van der Waals surface area contributed by atoms with Gasteiger partial charge >= 0.3 is 0 Å². The maximum atomic E-state index is 12.2. The van der Waals surface area contributed by atoms with Crippen molar-refractivity contribution in [2.75, 3.05) is 6.26 Å². The number of hydrogen-bond acceptors (Lipinski definition) is 3. The van der Waals surface area contributed by atoms with Gasteiger partial charge in [0.15, 0.2) is 15.8 Å². The zero-order chi connectivity index (χ0) is 18.1. The van der Waals surface area contributed by atoms with Crippen LogP contribution in [0.15, 0.2) is 50.8 Å². The van der Waals surface area contributed by atoms with Gasteiger partial charge < -0.3 is 11.5 Å². The van der Waals surface area contributed by atoms with Crippen LogP contribution in [0.25, 0.3) is 11.1 Å². The van der Waals surface area contributed by atoms with Crippen LogP contribution in [0.3, 0.4) is 0 Å². The summed E-state index contributed by atoms with van der Waals surface area (Å²) in [5.74, 6) is -1.11. The molecule has 0 heterocycles. The molecule has 4 N–H and O–H groups in total. The van der Waals surface area contributed by atoms with Crippen molar-refractivity contribution >= 4 is 37.6 Å². The van der Waals surface area contributed by atoms with E-state index in [1.165, 1.54) is 6.07 Å². The van der Waals surface area contributed by atoms with E-state index in [4.69, 9.17) is 11.5 Å². The lowest BCUT2D eigenvalue weighted by atomic mass is 10.0. The highest BCUT2D eigenvalue weighted by atomic mass is 79.9. The van der Waals surface area contributed by atoms with E-state index in [9.17, 15) is 13.2 Å². The van der Waals surface area contributed by atoms with Crippen LogP contribution in [0.1, 0.15) is 15.9 Å². The molecule has 0 aliphatic rings. The number of carbonyl (C=O) groups excluding carboxylic acids is 1. The zero-order valence-electron chi connectivity index (χ0n) is 13.1. The summed E-state index contributed by atoms with van der Waals surface area (Å²) < 4.78 is 24.8. The quantitative estimate of drug-likeness (QED) is 0.595. The Morgan fingerprint density at radius 2 is 1.71 bits per heavy atom. The van der Waals surface area contributed by atoms with Gasteiger partial charge in [-0.2, -0.15) is 4.99 Å². The molecule has 0 saturated heterocycles. The molecule has 0 fully saturated rings. The van der Waals surface area contributed by atoms with Crippen LogP contribution in [0, 0.1) is 6.92 Å². The number of hydrogen-bond donors (Lipinski definition) is 2. The van der Waals surface area contributed by atoms with Crippen LogP contribution in [0.4, 0.5) is 0 Å². The summed E-state index contributed by atoms with van der Waals surface area (Å²) in [4.78, 5) is 15.6. The number of halogens is 1. The van der Waals surface area contributed by atoms with Gasteiger partial charge in [0.2, 0.25) is 0 Å². The normalized spacial score (nSPS) is 11.1. The van der Waals surface area contributed by atoms with Crippen LogP contribution < -0.4 is 11.5 Å². The average Bonchev–Trinajstić information content (AvgIpc) is 2.45. The van der Waals surface area contributed by atoms with Crippen LogP contribution in [0.5, 0.6) is 0 Å². The molecule has 6 nitrogen and oxygen atoms in total. The van der Waals surface area contributed by atoms with E-state index < -0.39 is 21.7 Å². The fraction of sp³-hybridized carbons (Fsp3) is 0.125. The molecule has 0 aliphatic carbocycles. The van der Waals surface area contributed by atoms with Crippen molar-refractivity contribution in [2.24, 2.45) is 16.5 Å². The Bertz CT molecular complexity index is 932. The van der Waals surface area contributed by atoms with Gasteiger partial charge in [0.05, 0.1) is 10.5 Å². The van der Waals surface area contributed by atoms with E-state index in [-0.39, 0.29) is 10.5 Å². The molecule has 126 valence electrons. The molecule has 0 radical (unpaired) electrons. The average molecular weight is 410 g/mol. The standard InChI is InChI=1S/C16H16BrN3O3S/c1-9-3-5-10(6-4-9)11-7-13(17)12(15(21)20-16(18)19)8-14(11)24(2,22)23/h3-8H,1-2H3,(H4,18,19,20,21). The van der Waals surface area contributed by atoms with E-state index in [2.05, 4.69) is 20.9 Å². The number of guanidine groups is 1. The van der Waals surface area contributed by atoms with Crippen LogP contribution in [-0.4, -0.2) is 26.5 Å². The molecule has 24 heavy (non-hydrogen) atoms. The third-order valence-corrected chi connectivity index (χ3v) is 5.09. The summed E-state index contributed by atoms with van der Waals surface area (Å²) in [6.07, 6.45) is 1.09. The number of sulfone groups is 1. The summed E-state index contributed by atoms with van der Waals surface area (Å²) in [6, 6.07) is 10.3. The second kappa shape index (κ2) is 6.74. The number of benzene rings is 2. The van der Waals surface area contributed by atoms with Crippen molar-refractivity contribution in [1.29, 1.82) is 0 Å². The number of amides is 1. The molecule has 0 aliphatic heterocycles. The summed E-state index contributed by atoms with van der Waals surface area (Å²) >= 11 is 3.28. The van der Waals surface area contributed by atoms with E-state index in [0.29, 0.717) is 10.0 Å². The molecule has 0 atom stereocenters. The maximum Gasteiger partial charge on any atom is 0.281 e. The molecule has 0 saturated carbocycles. The van der Waals surface area contributed by atoms with Gasteiger partial charge in [-0.15, -0.1) is 0 Å². The van der Waals surface area contributed by atoms with E-state index in [1.807, 2.05) is 31.2 Å². The van der Waals surface area contributed by atoms with Crippen molar-refractivity contribution in [3.8, 4) is 11.1 Å². The molecular formula is C16H16BrN3O3S. The van der Waals surface area contributed by atoms with Gasteiger partial charge in [-0.25, -0.2) is 8.42 Å². The first-order valence-electron chi connectivity index (χ1n) is 6.84. The first-order chi connectivity index (χ1) is 11.1. The Labute approximate surface area is 148 Å². The fourth-order valence-electron chi connectivity index (χ4n) is 2.16. The monoisotopic (exact) mass is 409 g/mol. The van der Waals surface area contributed by atoms with E-state index >= 15 is 0 Å².